The summed E-state index contributed by atoms with van der Waals surface area (Å²) in [5.74, 6) is -1.16. The van der Waals surface area contributed by atoms with Crippen LogP contribution in [0.2, 0.25) is 0 Å². The summed E-state index contributed by atoms with van der Waals surface area (Å²) in [6.45, 7) is 8.87. The van der Waals surface area contributed by atoms with Crippen molar-refractivity contribution < 1.29 is 28.8 Å². The highest BCUT2D eigenvalue weighted by Gasteiger charge is 2.32. The molecule has 0 unspecified atom stereocenters. The third-order valence-corrected chi connectivity index (χ3v) is 7.07. The van der Waals surface area contributed by atoms with Crippen molar-refractivity contribution in [2.24, 2.45) is 5.92 Å². The maximum atomic E-state index is 13.0. The van der Waals surface area contributed by atoms with Crippen molar-refractivity contribution in [3.8, 4) is 0 Å². The van der Waals surface area contributed by atoms with Crippen molar-refractivity contribution in [2.75, 3.05) is 33.2 Å². The second-order valence-corrected chi connectivity index (χ2v) is 10.1. The minimum absolute atomic E-state index is 0.000147. The van der Waals surface area contributed by atoms with Gasteiger partial charge in [0.15, 0.2) is 0 Å². The molecule has 0 aliphatic carbocycles. The van der Waals surface area contributed by atoms with Crippen LogP contribution in [-0.2, 0) is 27.4 Å². The molecule has 2 N–H and O–H groups in total. The fourth-order valence-corrected chi connectivity index (χ4v) is 4.65. The van der Waals surface area contributed by atoms with Crippen LogP contribution in [0.25, 0.3) is 0 Å². The Morgan fingerprint density at radius 2 is 1.76 bits per heavy atom. The third kappa shape index (κ3) is 6.03. The van der Waals surface area contributed by atoms with E-state index in [4.69, 9.17) is 9.39 Å². The fourth-order valence-electron chi connectivity index (χ4n) is 4.65. The van der Waals surface area contributed by atoms with Crippen molar-refractivity contribution in [3.63, 3.8) is 0 Å². The van der Waals surface area contributed by atoms with Gasteiger partial charge in [-0.3, -0.25) is 9.59 Å². The SMILES string of the molecule is Cc1c(C(=O)N[C@H](C(=O)OCc2ccc(C(=O)N3CCN(C)CC3)cc2)C(C)C)ccc2c1B(O)OC2. The van der Waals surface area contributed by atoms with Crippen LogP contribution in [-0.4, -0.2) is 79.0 Å². The molecule has 0 spiro atoms. The summed E-state index contributed by atoms with van der Waals surface area (Å²) in [6, 6.07) is 9.65. The molecular formula is C27H34BN3O6. The topological polar surface area (TPSA) is 108 Å². The molecule has 0 aromatic heterocycles. The average molecular weight is 507 g/mol. The van der Waals surface area contributed by atoms with Gasteiger partial charge in [0.1, 0.15) is 12.6 Å². The number of rotatable bonds is 7. The maximum absolute atomic E-state index is 13.0. The summed E-state index contributed by atoms with van der Waals surface area (Å²) >= 11 is 0. The van der Waals surface area contributed by atoms with Gasteiger partial charge in [0.2, 0.25) is 0 Å². The first kappa shape index (κ1) is 26.8. The van der Waals surface area contributed by atoms with E-state index in [9.17, 15) is 19.4 Å². The Morgan fingerprint density at radius 3 is 2.41 bits per heavy atom. The van der Waals surface area contributed by atoms with Gasteiger partial charge in [0.05, 0.1) is 6.61 Å². The zero-order chi connectivity index (χ0) is 26.7. The van der Waals surface area contributed by atoms with Crippen molar-refractivity contribution in [1.82, 2.24) is 15.1 Å². The number of piperazine rings is 1. The molecule has 1 saturated heterocycles. The predicted octanol–water partition coefficient (Wildman–Crippen LogP) is 1.10. The van der Waals surface area contributed by atoms with E-state index in [0.717, 1.165) is 24.2 Å². The van der Waals surface area contributed by atoms with Gasteiger partial charge in [-0.05, 0) is 60.2 Å². The molecule has 0 bridgehead atoms. The Hall–Kier alpha value is -3.21. The Balaban J connectivity index is 1.35. The number of benzene rings is 2. The molecule has 0 saturated carbocycles. The maximum Gasteiger partial charge on any atom is 0.492 e. The van der Waals surface area contributed by atoms with Crippen LogP contribution in [0.3, 0.4) is 0 Å². The van der Waals surface area contributed by atoms with E-state index in [0.29, 0.717) is 41.8 Å². The second kappa shape index (κ2) is 11.5. The molecule has 2 aromatic rings. The first-order chi connectivity index (χ1) is 17.7. The molecule has 1 atom stereocenters. The zero-order valence-corrected chi connectivity index (χ0v) is 21.8. The quantitative estimate of drug-likeness (QED) is 0.427. The minimum atomic E-state index is -1.06. The highest BCUT2D eigenvalue weighted by atomic mass is 16.5. The van der Waals surface area contributed by atoms with Crippen LogP contribution in [0.5, 0.6) is 0 Å². The summed E-state index contributed by atoms with van der Waals surface area (Å²) < 4.78 is 10.8. The number of ether oxygens (including phenoxy) is 1. The number of nitrogens with one attached hydrogen (secondary N) is 1. The van der Waals surface area contributed by atoms with E-state index in [-0.39, 0.29) is 18.4 Å². The molecule has 2 aromatic carbocycles. The second-order valence-electron chi connectivity index (χ2n) is 10.1. The lowest BCUT2D eigenvalue weighted by molar-refractivity contribution is -0.148. The smallest absolute Gasteiger partial charge is 0.459 e. The van der Waals surface area contributed by atoms with Crippen LogP contribution in [0.15, 0.2) is 36.4 Å². The molecule has 2 aliphatic heterocycles. The van der Waals surface area contributed by atoms with Crippen LogP contribution in [0.1, 0.15) is 51.3 Å². The Labute approximate surface area is 217 Å². The number of fused-ring (bicyclic) bond motifs is 1. The van der Waals surface area contributed by atoms with E-state index >= 15 is 0 Å². The molecule has 2 heterocycles. The van der Waals surface area contributed by atoms with Crippen LogP contribution >= 0.6 is 0 Å². The molecule has 2 amide bonds. The third-order valence-electron chi connectivity index (χ3n) is 7.07. The first-order valence-corrected chi connectivity index (χ1v) is 12.6. The Bertz CT molecular complexity index is 1160. The van der Waals surface area contributed by atoms with Crippen molar-refractivity contribution >= 4 is 30.4 Å². The van der Waals surface area contributed by atoms with Gasteiger partial charge in [-0.1, -0.05) is 32.0 Å². The summed E-state index contributed by atoms with van der Waals surface area (Å²) in [6.07, 6.45) is 0. The number of hydrogen-bond acceptors (Lipinski definition) is 7. The highest BCUT2D eigenvalue weighted by Crippen LogP contribution is 2.18. The number of carbonyl (C=O) groups is 3. The number of carbonyl (C=O) groups excluding carboxylic acids is 3. The number of nitrogens with zero attached hydrogens (tertiary/aromatic N) is 2. The molecule has 10 heteroatoms. The lowest BCUT2D eigenvalue weighted by atomic mass is 9.75. The summed E-state index contributed by atoms with van der Waals surface area (Å²) in [7, 11) is 0.985. The van der Waals surface area contributed by atoms with Crippen molar-refractivity contribution in [3.05, 3.63) is 64.2 Å². The van der Waals surface area contributed by atoms with Crippen LogP contribution in [0.4, 0.5) is 0 Å². The highest BCUT2D eigenvalue weighted by molar-refractivity contribution is 6.62. The molecule has 4 rings (SSSR count). The van der Waals surface area contributed by atoms with Gasteiger partial charge in [-0.25, -0.2) is 4.79 Å². The van der Waals surface area contributed by atoms with Crippen molar-refractivity contribution in [1.29, 1.82) is 0 Å². The van der Waals surface area contributed by atoms with Gasteiger partial charge in [-0.2, -0.15) is 0 Å². The summed E-state index contributed by atoms with van der Waals surface area (Å²) in [4.78, 5) is 42.7. The Morgan fingerprint density at radius 1 is 1.08 bits per heavy atom. The molecule has 2 aliphatic rings. The number of likely N-dealkylation sites (N-methyl/N-ethyl adjacent to an activating group) is 1. The lowest BCUT2D eigenvalue weighted by Crippen LogP contribution is -2.47. The van der Waals surface area contributed by atoms with E-state index in [1.54, 1.807) is 43.3 Å². The van der Waals surface area contributed by atoms with Crippen molar-refractivity contribution in [2.45, 2.75) is 40.0 Å². The van der Waals surface area contributed by atoms with Gasteiger partial charge < -0.3 is 29.5 Å². The van der Waals surface area contributed by atoms with Gasteiger partial charge >= 0.3 is 13.1 Å². The van der Waals surface area contributed by atoms with E-state index in [1.807, 2.05) is 25.8 Å². The first-order valence-electron chi connectivity index (χ1n) is 12.6. The summed E-state index contributed by atoms with van der Waals surface area (Å²) in [5.41, 5.74) is 3.81. The predicted molar refractivity (Wildman–Crippen MR) is 139 cm³/mol. The van der Waals surface area contributed by atoms with Gasteiger partial charge in [0, 0.05) is 37.3 Å². The van der Waals surface area contributed by atoms with Gasteiger partial charge in [0.25, 0.3) is 11.8 Å². The molecule has 1 fully saturated rings. The number of esters is 1. The largest absolute Gasteiger partial charge is 0.492 e. The molecule has 9 nitrogen and oxygen atoms in total. The minimum Gasteiger partial charge on any atom is -0.459 e. The molecule has 196 valence electrons. The zero-order valence-electron chi connectivity index (χ0n) is 21.8. The average Bonchev–Trinajstić information content (AvgIpc) is 3.27. The standard InChI is InChI=1S/C27H34BN3O6/c1-17(2)24(29-25(32)22-10-9-21-16-37-28(35)23(21)18(22)3)27(34)36-15-19-5-7-20(8-6-19)26(33)31-13-11-30(4)12-14-31/h5-10,17,24,35H,11-16H2,1-4H3,(H,29,32)/t24-/m0/s1. The lowest BCUT2D eigenvalue weighted by Gasteiger charge is -2.32. The van der Waals surface area contributed by atoms with Crippen LogP contribution < -0.4 is 10.8 Å². The summed E-state index contributed by atoms with van der Waals surface area (Å²) in [5, 5.41) is 12.9. The Kier molecular flexibility index (Phi) is 8.31. The van der Waals surface area contributed by atoms with Crippen LogP contribution in [0, 0.1) is 12.8 Å². The molecular weight excluding hydrogens is 473 g/mol. The monoisotopic (exact) mass is 507 g/mol. The number of hydrogen-bond donors (Lipinski definition) is 2. The van der Waals surface area contributed by atoms with E-state index in [2.05, 4.69) is 10.2 Å². The van der Waals surface area contributed by atoms with E-state index in [1.165, 1.54) is 0 Å². The van der Waals surface area contributed by atoms with E-state index < -0.39 is 25.0 Å². The molecule has 37 heavy (non-hydrogen) atoms. The fraction of sp³-hybridized carbons (Fsp3) is 0.444. The molecule has 0 radical (unpaired) electrons. The van der Waals surface area contributed by atoms with Gasteiger partial charge in [-0.15, -0.1) is 0 Å². The number of amides is 2. The normalized spacial score (nSPS) is 16.5.